The lowest BCUT2D eigenvalue weighted by Crippen LogP contribution is -2.46. The van der Waals surface area contributed by atoms with Gasteiger partial charge in [-0.3, -0.25) is 9.20 Å². The number of nitrogens with zero attached hydrogens (tertiary/aromatic N) is 2. The van der Waals surface area contributed by atoms with Crippen LogP contribution in [0.5, 0.6) is 5.75 Å². The fourth-order valence-electron chi connectivity index (χ4n) is 3.80. The Morgan fingerprint density at radius 2 is 1.85 bits per heavy atom. The van der Waals surface area contributed by atoms with E-state index in [-0.39, 0.29) is 25.6 Å². The maximum absolute atomic E-state index is 14.0. The number of pyridine rings is 1. The van der Waals surface area contributed by atoms with Crippen LogP contribution in [0.25, 0.3) is 5.65 Å². The third kappa shape index (κ3) is 4.50. The molecule has 4 aromatic rings. The van der Waals surface area contributed by atoms with E-state index in [0.29, 0.717) is 33.9 Å². The van der Waals surface area contributed by atoms with E-state index in [9.17, 15) is 19.4 Å². The van der Waals surface area contributed by atoms with Crippen LogP contribution >= 0.6 is 0 Å². The monoisotopic (exact) mass is 463 g/mol. The molecule has 2 heterocycles. The van der Waals surface area contributed by atoms with Crippen molar-refractivity contribution in [1.82, 2.24) is 14.7 Å². The van der Waals surface area contributed by atoms with Crippen molar-refractivity contribution in [3.63, 3.8) is 0 Å². The molecule has 0 aliphatic heterocycles. The number of benzene rings is 2. The minimum Gasteiger partial charge on any atom is -0.485 e. The lowest BCUT2D eigenvalue weighted by molar-refractivity contribution is 0.0842. The van der Waals surface area contributed by atoms with E-state index in [4.69, 9.17) is 4.74 Å². The number of hydrogen-bond donors (Lipinski definition) is 3. The summed E-state index contributed by atoms with van der Waals surface area (Å²) in [5, 5.41) is 22.3. The maximum atomic E-state index is 14.0. The number of aromatic nitrogens is 2. The highest BCUT2D eigenvalue weighted by Crippen LogP contribution is 2.26. The normalized spacial score (nSPS) is 13.0. The largest absolute Gasteiger partial charge is 0.485 e. The molecule has 2 aromatic heterocycles. The van der Waals surface area contributed by atoms with Crippen molar-refractivity contribution >= 4 is 11.6 Å². The quantitative estimate of drug-likeness (QED) is 0.372. The van der Waals surface area contributed by atoms with E-state index in [0.717, 1.165) is 5.56 Å². The number of carbonyl (C=O) groups excluding carboxylic acids is 1. The summed E-state index contributed by atoms with van der Waals surface area (Å²) in [6.07, 6.45) is 1.70. The van der Waals surface area contributed by atoms with Crippen LogP contribution in [0.4, 0.5) is 4.39 Å². The van der Waals surface area contributed by atoms with Crippen LogP contribution in [0.1, 0.15) is 39.8 Å². The van der Waals surface area contributed by atoms with Crippen molar-refractivity contribution in [3.8, 4) is 5.75 Å². The number of rotatable bonds is 8. The Kier molecular flexibility index (Phi) is 6.63. The Hall–Kier alpha value is -3.75. The third-order valence-corrected chi connectivity index (χ3v) is 5.82. The molecule has 0 radical (unpaired) electrons. The summed E-state index contributed by atoms with van der Waals surface area (Å²) in [5.74, 6) is -0.360. The molecular formula is C26H26FN3O4. The van der Waals surface area contributed by atoms with Gasteiger partial charge >= 0.3 is 0 Å². The molecule has 176 valence electrons. The van der Waals surface area contributed by atoms with Gasteiger partial charge in [0.1, 0.15) is 18.1 Å². The van der Waals surface area contributed by atoms with E-state index in [1.807, 2.05) is 0 Å². The Labute approximate surface area is 196 Å². The molecule has 1 unspecified atom stereocenters. The van der Waals surface area contributed by atoms with E-state index in [1.165, 1.54) is 6.07 Å². The fraction of sp³-hybridized carbons (Fsp3) is 0.231. The summed E-state index contributed by atoms with van der Waals surface area (Å²) < 4.78 is 21.4. The number of hydrogen-bond acceptors (Lipinski definition) is 5. The summed E-state index contributed by atoms with van der Waals surface area (Å²) in [6, 6.07) is 16.8. The first kappa shape index (κ1) is 23.4. The first-order valence-corrected chi connectivity index (χ1v) is 10.8. The van der Waals surface area contributed by atoms with E-state index in [1.54, 1.807) is 79.0 Å². The second kappa shape index (κ2) is 9.62. The highest BCUT2D eigenvalue weighted by Gasteiger charge is 2.30. The van der Waals surface area contributed by atoms with Gasteiger partial charge < -0.3 is 20.3 Å². The van der Waals surface area contributed by atoms with Crippen molar-refractivity contribution < 1.29 is 24.1 Å². The Morgan fingerprint density at radius 1 is 1.12 bits per heavy atom. The zero-order valence-electron chi connectivity index (χ0n) is 19.0. The Balaban J connectivity index is 1.62. The third-order valence-electron chi connectivity index (χ3n) is 5.82. The van der Waals surface area contributed by atoms with Gasteiger partial charge in [0.2, 0.25) is 0 Å². The average Bonchev–Trinajstić information content (AvgIpc) is 3.20. The minimum absolute atomic E-state index is 0.0200. The molecule has 0 fully saturated rings. The zero-order valence-corrected chi connectivity index (χ0v) is 19.0. The molecule has 0 bridgehead atoms. The van der Waals surface area contributed by atoms with Crippen molar-refractivity contribution in [1.29, 1.82) is 0 Å². The number of fused-ring (bicyclic) bond motifs is 1. The molecule has 4 rings (SSSR count). The molecule has 1 amide bonds. The molecule has 34 heavy (non-hydrogen) atoms. The standard InChI is InChI=1S/C26H26FN3O4/c1-17-23(25(33)29-26(2,16-32)20-11-9-18(14-31)10-12-20)30-13-5-8-22(24(30)28-17)34-15-19-6-3-4-7-21(19)27/h3-13,31-32H,14-16H2,1-2H3,(H,29,33). The number of amides is 1. The van der Waals surface area contributed by atoms with Crippen LogP contribution in [0, 0.1) is 12.7 Å². The number of aliphatic hydroxyl groups excluding tert-OH is 2. The maximum Gasteiger partial charge on any atom is 0.270 e. The average molecular weight is 464 g/mol. The number of ether oxygens (including phenoxy) is 1. The number of aliphatic hydroxyl groups is 2. The van der Waals surface area contributed by atoms with Crippen LogP contribution in [0.3, 0.4) is 0 Å². The van der Waals surface area contributed by atoms with Gasteiger partial charge in [0, 0.05) is 11.8 Å². The lowest BCUT2D eigenvalue weighted by atomic mass is 9.92. The van der Waals surface area contributed by atoms with Crippen molar-refractivity contribution in [2.45, 2.75) is 32.6 Å². The van der Waals surface area contributed by atoms with Crippen LogP contribution < -0.4 is 10.1 Å². The number of imidazole rings is 1. The predicted molar refractivity (Wildman–Crippen MR) is 125 cm³/mol. The Bertz CT molecular complexity index is 1320. The zero-order chi connectivity index (χ0) is 24.3. The highest BCUT2D eigenvalue weighted by atomic mass is 19.1. The fourth-order valence-corrected chi connectivity index (χ4v) is 3.80. The molecule has 0 aliphatic rings. The van der Waals surface area contributed by atoms with Gasteiger partial charge in [-0.1, -0.05) is 42.5 Å². The summed E-state index contributed by atoms with van der Waals surface area (Å²) in [6.45, 7) is 3.04. The molecule has 0 saturated heterocycles. The van der Waals surface area contributed by atoms with Crippen molar-refractivity contribution in [2.24, 2.45) is 0 Å². The van der Waals surface area contributed by atoms with Crippen LogP contribution in [0.15, 0.2) is 66.9 Å². The predicted octanol–water partition coefficient (Wildman–Crippen LogP) is 3.49. The molecule has 8 heteroatoms. The van der Waals surface area contributed by atoms with Gasteiger partial charge in [0.05, 0.1) is 24.4 Å². The minimum atomic E-state index is -1.05. The van der Waals surface area contributed by atoms with Crippen LogP contribution in [-0.2, 0) is 18.8 Å². The molecule has 3 N–H and O–H groups in total. The summed E-state index contributed by atoms with van der Waals surface area (Å²) in [4.78, 5) is 17.8. The molecule has 2 aromatic carbocycles. The first-order chi connectivity index (χ1) is 16.4. The van der Waals surface area contributed by atoms with Gasteiger partial charge in [0.25, 0.3) is 5.91 Å². The highest BCUT2D eigenvalue weighted by molar-refractivity contribution is 5.95. The number of aryl methyl sites for hydroxylation is 1. The van der Waals surface area contributed by atoms with Gasteiger partial charge in [-0.05, 0) is 43.2 Å². The van der Waals surface area contributed by atoms with Gasteiger partial charge in [0.15, 0.2) is 11.4 Å². The summed E-state index contributed by atoms with van der Waals surface area (Å²) in [5.41, 5.74) is 2.00. The van der Waals surface area contributed by atoms with Gasteiger partial charge in [-0.15, -0.1) is 0 Å². The number of carbonyl (C=O) groups is 1. The second-order valence-corrected chi connectivity index (χ2v) is 8.29. The van der Waals surface area contributed by atoms with E-state index in [2.05, 4.69) is 10.3 Å². The molecular weight excluding hydrogens is 437 g/mol. The molecule has 7 nitrogen and oxygen atoms in total. The second-order valence-electron chi connectivity index (χ2n) is 8.29. The molecule has 0 aliphatic carbocycles. The van der Waals surface area contributed by atoms with Crippen molar-refractivity contribution in [3.05, 3.63) is 101 Å². The molecule has 0 saturated carbocycles. The van der Waals surface area contributed by atoms with Crippen LogP contribution in [-0.4, -0.2) is 32.1 Å². The lowest BCUT2D eigenvalue weighted by Gasteiger charge is -2.29. The van der Waals surface area contributed by atoms with E-state index < -0.39 is 11.4 Å². The van der Waals surface area contributed by atoms with Gasteiger partial charge in [-0.25, -0.2) is 9.37 Å². The summed E-state index contributed by atoms with van der Waals surface area (Å²) in [7, 11) is 0. The first-order valence-electron chi connectivity index (χ1n) is 10.8. The van der Waals surface area contributed by atoms with E-state index >= 15 is 0 Å². The molecule has 0 spiro atoms. The van der Waals surface area contributed by atoms with Crippen LogP contribution in [0.2, 0.25) is 0 Å². The smallest absolute Gasteiger partial charge is 0.270 e. The SMILES string of the molecule is Cc1nc2c(OCc3ccccc3F)cccn2c1C(=O)NC(C)(CO)c1ccc(CO)cc1. The number of halogens is 1. The molecule has 1 atom stereocenters. The Morgan fingerprint density at radius 3 is 2.53 bits per heavy atom. The summed E-state index contributed by atoms with van der Waals surface area (Å²) >= 11 is 0. The topological polar surface area (TPSA) is 96.1 Å². The van der Waals surface area contributed by atoms with Crippen molar-refractivity contribution in [2.75, 3.05) is 6.61 Å². The van der Waals surface area contributed by atoms with Gasteiger partial charge in [-0.2, -0.15) is 0 Å². The number of nitrogens with one attached hydrogen (secondary N) is 1.